The van der Waals surface area contributed by atoms with Crippen LogP contribution >= 0.6 is 0 Å². The molecule has 0 spiro atoms. The summed E-state index contributed by atoms with van der Waals surface area (Å²) < 4.78 is 5.07. The molecule has 3 rings (SSSR count). The maximum absolute atomic E-state index is 12.8. The van der Waals surface area contributed by atoms with Crippen LogP contribution in [0.1, 0.15) is 36.6 Å². The maximum Gasteiger partial charge on any atom is 0.263 e. The Balaban J connectivity index is 1.75. The van der Waals surface area contributed by atoms with Crippen molar-refractivity contribution in [2.24, 2.45) is 5.10 Å². The molecule has 0 unspecified atom stereocenters. The first kappa shape index (κ1) is 18.8. The number of para-hydroxylation sites is 1. The van der Waals surface area contributed by atoms with Gasteiger partial charge >= 0.3 is 0 Å². The van der Waals surface area contributed by atoms with Crippen LogP contribution < -0.4 is 10.2 Å². The number of hydrogen-bond acceptors (Lipinski definition) is 6. The SMILES string of the molecule is COc1cccc(/C=N\NC(=O)[C@@H](c2ccccn2)N2CCCCC2)c1O. The van der Waals surface area contributed by atoms with Crippen molar-refractivity contribution in [3.63, 3.8) is 0 Å². The first-order chi connectivity index (χ1) is 13.2. The Morgan fingerprint density at radius 2 is 2.07 bits per heavy atom. The van der Waals surface area contributed by atoms with Gasteiger partial charge in [0.05, 0.1) is 19.0 Å². The number of pyridine rings is 1. The van der Waals surface area contributed by atoms with Gasteiger partial charge < -0.3 is 9.84 Å². The number of ether oxygens (including phenoxy) is 1. The Labute approximate surface area is 158 Å². The fourth-order valence-electron chi connectivity index (χ4n) is 3.24. The zero-order valence-corrected chi connectivity index (χ0v) is 15.3. The molecule has 7 heteroatoms. The molecule has 1 aromatic heterocycles. The van der Waals surface area contributed by atoms with Crippen molar-refractivity contribution >= 4 is 12.1 Å². The first-order valence-electron chi connectivity index (χ1n) is 9.04. The van der Waals surface area contributed by atoms with E-state index in [9.17, 15) is 9.90 Å². The molecule has 2 N–H and O–H groups in total. The van der Waals surface area contributed by atoms with Crippen LogP contribution in [0.3, 0.4) is 0 Å². The second kappa shape index (κ2) is 9.14. The zero-order chi connectivity index (χ0) is 19.1. The van der Waals surface area contributed by atoms with Crippen LogP contribution in [0.2, 0.25) is 0 Å². The molecule has 2 aromatic rings. The Kier molecular flexibility index (Phi) is 6.38. The normalized spacial score (nSPS) is 16.2. The average Bonchev–Trinajstić information content (AvgIpc) is 2.71. The van der Waals surface area contributed by atoms with Crippen molar-refractivity contribution in [2.45, 2.75) is 25.3 Å². The van der Waals surface area contributed by atoms with Crippen LogP contribution in [-0.2, 0) is 4.79 Å². The van der Waals surface area contributed by atoms with E-state index in [1.165, 1.54) is 19.7 Å². The molecule has 7 nitrogen and oxygen atoms in total. The van der Waals surface area contributed by atoms with Crippen molar-refractivity contribution in [3.05, 3.63) is 53.9 Å². The van der Waals surface area contributed by atoms with Crippen LogP contribution in [-0.4, -0.2) is 47.3 Å². The maximum atomic E-state index is 12.8. The summed E-state index contributed by atoms with van der Waals surface area (Å²) in [6.45, 7) is 1.71. The molecule has 1 saturated heterocycles. The van der Waals surface area contributed by atoms with Crippen molar-refractivity contribution in [2.75, 3.05) is 20.2 Å². The number of hydrogen-bond donors (Lipinski definition) is 2. The smallest absolute Gasteiger partial charge is 0.263 e. The minimum atomic E-state index is -0.484. The van der Waals surface area contributed by atoms with Gasteiger partial charge in [-0.1, -0.05) is 18.6 Å². The van der Waals surface area contributed by atoms with Gasteiger partial charge in [-0.2, -0.15) is 5.10 Å². The number of phenolic OH excluding ortho intramolecular Hbond substituents is 1. The highest BCUT2D eigenvalue weighted by Gasteiger charge is 2.29. The van der Waals surface area contributed by atoms with E-state index < -0.39 is 6.04 Å². The zero-order valence-electron chi connectivity index (χ0n) is 15.3. The lowest BCUT2D eigenvalue weighted by Gasteiger charge is -2.32. The second-order valence-electron chi connectivity index (χ2n) is 6.39. The highest BCUT2D eigenvalue weighted by molar-refractivity contribution is 5.87. The lowest BCUT2D eigenvalue weighted by atomic mass is 10.1. The molecule has 1 fully saturated rings. The number of hydrazone groups is 1. The van der Waals surface area contributed by atoms with E-state index in [0.717, 1.165) is 25.9 Å². The summed E-state index contributed by atoms with van der Waals surface area (Å²) >= 11 is 0. The Bertz CT molecular complexity index is 789. The monoisotopic (exact) mass is 368 g/mol. The average molecular weight is 368 g/mol. The fraction of sp³-hybridized carbons (Fsp3) is 0.350. The van der Waals surface area contributed by atoms with Gasteiger partial charge in [-0.25, -0.2) is 5.43 Å². The number of rotatable bonds is 6. The van der Waals surface area contributed by atoms with Crippen LogP contribution in [0.5, 0.6) is 11.5 Å². The van der Waals surface area contributed by atoms with Crippen LogP contribution in [0.4, 0.5) is 0 Å². The molecule has 0 saturated carbocycles. The molecule has 0 bridgehead atoms. The number of nitrogens with zero attached hydrogens (tertiary/aromatic N) is 3. The number of carbonyl (C=O) groups is 1. The molecular weight excluding hydrogens is 344 g/mol. The number of benzene rings is 1. The van der Waals surface area contributed by atoms with E-state index >= 15 is 0 Å². The van der Waals surface area contributed by atoms with Crippen LogP contribution in [0.15, 0.2) is 47.7 Å². The third-order valence-electron chi connectivity index (χ3n) is 4.60. The van der Waals surface area contributed by atoms with Gasteiger partial charge in [0.2, 0.25) is 0 Å². The highest BCUT2D eigenvalue weighted by Crippen LogP contribution is 2.28. The molecule has 1 amide bonds. The molecule has 27 heavy (non-hydrogen) atoms. The van der Waals surface area contributed by atoms with Gasteiger partial charge in [0.15, 0.2) is 11.5 Å². The van der Waals surface area contributed by atoms with E-state index in [0.29, 0.717) is 17.0 Å². The second-order valence-corrected chi connectivity index (χ2v) is 6.39. The van der Waals surface area contributed by atoms with Crippen molar-refractivity contribution in [1.29, 1.82) is 0 Å². The lowest BCUT2D eigenvalue weighted by Crippen LogP contribution is -2.42. The van der Waals surface area contributed by atoms with Gasteiger partial charge in [-0.15, -0.1) is 0 Å². The highest BCUT2D eigenvalue weighted by atomic mass is 16.5. The molecule has 1 aliphatic rings. The Hall–Kier alpha value is -2.93. The van der Waals surface area contributed by atoms with Gasteiger partial charge in [0.25, 0.3) is 5.91 Å². The molecule has 1 aromatic carbocycles. The van der Waals surface area contributed by atoms with E-state index in [1.54, 1.807) is 24.4 Å². The number of methoxy groups -OCH3 is 1. The Morgan fingerprint density at radius 1 is 1.26 bits per heavy atom. The summed E-state index contributed by atoms with van der Waals surface area (Å²) in [5, 5.41) is 14.1. The number of likely N-dealkylation sites (tertiary alicyclic amines) is 1. The minimum Gasteiger partial charge on any atom is -0.504 e. The molecule has 2 heterocycles. The van der Waals surface area contributed by atoms with Gasteiger partial charge in [0, 0.05) is 11.8 Å². The minimum absolute atomic E-state index is 0.0182. The van der Waals surface area contributed by atoms with Crippen LogP contribution in [0.25, 0.3) is 0 Å². The topological polar surface area (TPSA) is 87.0 Å². The third kappa shape index (κ3) is 4.62. The molecule has 0 aliphatic carbocycles. The first-order valence-corrected chi connectivity index (χ1v) is 9.04. The number of piperidine rings is 1. The van der Waals surface area contributed by atoms with Crippen molar-refractivity contribution in [3.8, 4) is 11.5 Å². The van der Waals surface area contributed by atoms with Crippen molar-refractivity contribution < 1.29 is 14.6 Å². The third-order valence-corrected chi connectivity index (χ3v) is 4.60. The quantitative estimate of drug-likeness (QED) is 0.604. The summed E-state index contributed by atoms with van der Waals surface area (Å²) in [6, 6.07) is 10.2. The molecule has 142 valence electrons. The largest absolute Gasteiger partial charge is 0.504 e. The number of aromatic hydroxyl groups is 1. The number of carbonyl (C=O) groups excluding carboxylic acids is 1. The fourth-order valence-corrected chi connectivity index (χ4v) is 3.24. The van der Waals surface area contributed by atoms with Gasteiger partial charge in [-0.3, -0.25) is 14.7 Å². The lowest BCUT2D eigenvalue weighted by molar-refractivity contribution is -0.127. The molecule has 1 atom stereocenters. The molecule has 1 aliphatic heterocycles. The molecule has 0 radical (unpaired) electrons. The van der Waals surface area contributed by atoms with Gasteiger partial charge in [-0.05, 0) is 50.2 Å². The summed E-state index contributed by atoms with van der Waals surface area (Å²) in [5.41, 5.74) is 3.75. The Morgan fingerprint density at radius 3 is 2.78 bits per heavy atom. The molecular formula is C20H24N4O3. The number of nitrogens with one attached hydrogen (secondary N) is 1. The van der Waals surface area contributed by atoms with Crippen LogP contribution in [0, 0.1) is 0 Å². The van der Waals surface area contributed by atoms with E-state index in [1.807, 2.05) is 18.2 Å². The predicted molar refractivity (Wildman–Crippen MR) is 103 cm³/mol. The number of amides is 1. The number of aromatic nitrogens is 1. The predicted octanol–water partition coefficient (Wildman–Crippen LogP) is 2.47. The van der Waals surface area contributed by atoms with E-state index in [-0.39, 0.29) is 11.7 Å². The van der Waals surface area contributed by atoms with E-state index in [2.05, 4.69) is 20.4 Å². The standard InChI is InChI=1S/C20H24N4O3/c1-27-17-10-7-8-15(19(17)25)14-22-23-20(26)18(16-9-3-4-11-21-16)24-12-5-2-6-13-24/h3-4,7-11,14,18,25H,2,5-6,12-13H2,1H3,(H,23,26)/b22-14-/t18-/m1/s1. The summed E-state index contributed by atoms with van der Waals surface area (Å²) in [6.07, 6.45) is 6.41. The van der Waals surface area contributed by atoms with Gasteiger partial charge in [0.1, 0.15) is 6.04 Å². The number of phenols is 1. The van der Waals surface area contributed by atoms with Crippen molar-refractivity contribution in [1.82, 2.24) is 15.3 Å². The summed E-state index contributed by atoms with van der Waals surface area (Å²) in [7, 11) is 1.48. The summed E-state index contributed by atoms with van der Waals surface area (Å²) in [4.78, 5) is 19.4. The van der Waals surface area contributed by atoms with E-state index in [4.69, 9.17) is 4.74 Å². The summed E-state index contributed by atoms with van der Waals surface area (Å²) in [5.74, 6) is 0.0921.